The van der Waals surface area contributed by atoms with Crippen LogP contribution in [0.4, 0.5) is 0 Å². The highest BCUT2D eigenvalue weighted by Crippen LogP contribution is 2.14. The van der Waals surface area contributed by atoms with E-state index in [0.717, 1.165) is 13.0 Å². The van der Waals surface area contributed by atoms with Crippen LogP contribution in [0.25, 0.3) is 0 Å². The van der Waals surface area contributed by atoms with Crippen LogP contribution in [0.5, 0.6) is 5.88 Å². The molecule has 4 heteroatoms. The van der Waals surface area contributed by atoms with Gasteiger partial charge in [-0.25, -0.2) is 4.98 Å². The molecule has 1 fully saturated rings. The molecule has 1 saturated heterocycles. The molecule has 1 aliphatic heterocycles. The first kappa shape index (κ1) is 9.94. The first-order valence-corrected chi connectivity index (χ1v) is 5.11. The number of nitrogens with zero attached hydrogens (tertiary/aromatic N) is 2. The Labute approximate surface area is 88.9 Å². The summed E-state index contributed by atoms with van der Waals surface area (Å²) < 4.78 is 5.52. The van der Waals surface area contributed by atoms with Crippen LogP contribution in [0.3, 0.4) is 0 Å². The average Bonchev–Trinajstić information content (AvgIpc) is 2.79. The fourth-order valence-electron chi connectivity index (χ4n) is 1.67. The summed E-state index contributed by atoms with van der Waals surface area (Å²) in [4.78, 5) is 4.04. The van der Waals surface area contributed by atoms with Crippen LogP contribution >= 0.6 is 0 Å². The molecule has 4 nitrogen and oxygen atoms in total. The van der Waals surface area contributed by atoms with Crippen LogP contribution in [0.15, 0.2) is 18.3 Å². The molecule has 2 rings (SSSR count). The molecule has 0 unspecified atom stereocenters. The van der Waals surface area contributed by atoms with E-state index in [0.29, 0.717) is 24.1 Å². The Morgan fingerprint density at radius 3 is 3.33 bits per heavy atom. The summed E-state index contributed by atoms with van der Waals surface area (Å²) in [6.07, 6.45) is 3.97. The highest BCUT2D eigenvalue weighted by atomic mass is 16.5. The zero-order valence-electron chi connectivity index (χ0n) is 8.44. The van der Waals surface area contributed by atoms with E-state index in [4.69, 9.17) is 10.00 Å². The number of hydrogen-bond acceptors (Lipinski definition) is 4. The van der Waals surface area contributed by atoms with Gasteiger partial charge in [-0.3, -0.25) is 0 Å². The molecule has 0 radical (unpaired) electrons. The third-order valence-electron chi connectivity index (χ3n) is 2.48. The van der Waals surface area contributed by atoms with Crippen molar-refractivity contribution < 1.29 is 4.74 Å². The maximum atomic E-state index is 8.82. The number of hydrogen-bond donors (Lipinski definition) is 1. The molecule has 78 valence electrons. The molecule has 1 aromatic rings. The van der Waals surface area contributed by atoms with Crippen LogP contribution in [0, 0.1) is 11.3 Å². The van der Waals surface area contributed by atoms with E-state index in [2.05, 4.69) is 16.4 Å². The first-order chi connectivity index (χ1) is 7.40. The minimum absolute atomic E-state index is 0.401. The maximum Gasteiger partial charge on any atom is 0.231 e. The molecule has 0 aliphatic carbocycles. The zero-order chi connectivity index (χ0) is 10.5. The second-order valence-electron chi connectivity index (χ2n) is 3.57. The SMILES string of the molecule is N#Cc1cccnc1OC[C@@H]1CCCN1. The zero-order valence-corrected chi connectivity index (χ0v) is 8.44. The third-order valence-corrected chi connectivity index (χ3v) is 2.48. The molecule has 1 aromatic heterocycles. The van der Waals surface area contributed by atoms with Crippen LogP contribution in [-0.2, 0) is 0 Å². The molecule has 1 aliphatic rings. The van der Waals surface area contributed by atoms with Crippen molar-refractivity contribution in [2.75, 3.05) is 13.2 Å². The lowest BCUT2D eigenvalue weighted by Crippen LogP contribution is -2.28. The molecule has 2 heterocycles. The van der Waals surface area contributed by atoms with Gasteiger partial charge < -0.3 is 10.1 Å². The second-order valence-corrected chi connectivity index (χ2v) is 3.57. The summed E-state index contributed by atoms with van der Waals surface area (Å²) in [7, 11) is 0. The van der Waals surface area contributed by atoms with Gasteiger partial charge in [0.05, 0.1) is 0 Å². The van der Waals surface area contributed by atoms with Crippen molar-refractivity contribution >= 4 is 0 Å². The van der Waals surface area contributed by atoms with Gasteiger partial charge in [-0.15, -0.1) is 0 Å². The standard InChI is InChI=1S/C11H13N3O/c12-7-9-3-1-6-14-11(9)15-8-10-4-2-5-13-10/h1,3,6,10,13H,2,4-5,8H2/t10-/m0/s1. The van der Waals surface area contributed by atoms with Gasteiger partial charge in [0.1, 0.15) is 18.2 Å². The lowest BCUT2D eigenvalue weighted by Gasteiger charge is -2.11. The van der Waals surface area contributed by atoms with E-state index in [1.54, 1.807) is 18.3 Å². The lowest BCUT2D eigenvalue weighted by molar-refractivity contribution is 0.267. The lowest BCUT2D eigenvalue weighted by atomic mass is 10.2. The van der Waals surface area contributed by atoms with Gasteiger partial charge in [-0.1, -0.05) is 0 Å². The highest BCUT2D eigenvalue weighted by Gasteiger charge is 2.15. The number of nitriles is 1. The minimum atomic E-state index is 0.401. The Balaban J connectivity index is 1.95. The van der Waals surface area contributed by atoms with Gasteiger partial charge in [-0.2, -0.15) is 5.26 Å². The quantitative estimate of drug-likeness (QED) is 0.798. The summed E-state index contributed by atoms with van der Waals surface area (Å²) >= 11 is 0. The van der Waals surface area contributed by atoms with Crippen LogP contribution in [0.1, 0.15) is 18.4 Å². The fraction of sp³-hybridized carbons (Fsp3) is 0.455. The predicted octanol–water partition coefficient (Wildman–Crippen LogP) is 1.08. The largest absolute Gasteiger partial charge is 0.475 e. The molecule has 0 spiro atoms. The van der Waals surface area contributed by atoms with E-state index in [-0.39, 0.29) is 0 Å². The van der Waals surface area contributed by atoms with Gasteiger partial charge in [0.15, 0.2) is 0 Å². The number of ether oxygens (including phenoxy) is 1. The van der Waals surface area contributed by atoms with Gasteiger partial charge in [-0.05, 0) is 31.5 Å². The van der Waals surface area contributed by atoms with Crippen molar-refractivity contribution in [2.45, 2.75) is 18.9 Å². The maximum absolute atomic E-state index is 8.82. The van der Waals surface area contributed by atoms with Gasteiger partial charge in [0.25, 0.3) is 0 Å². The second kappa shape index (κ2) is 4.76. The van der Waals surface area contributed by atoms with E-state index < -0.39 is 0 Å². The molecule has 0 saturated carbocycles. The van der Waals surface area contributed by atoms with Crippen LogP contribution in [0.2, 0.25) is 0 Å². The summed E-state index contributed by atoms with van der Waals surface area (Å²) in [6.45, 7) is 1.65. The molecule has 0 bridgehead atoms. The molecule has 0 aromatic carbocycles. The molecular formula is C11H13N3O. The van der Waals surface area contributed by atoms with E-state index in [1.807, 2.05) is 0 Å². The molecule has 0 amide bonds. The number of pyridine rings is 1. The normalized spacial score (nSPS) is 19.8. The predicted molar refractivity (Wildman–Crippen MR) is 55.5 cm³/mol. The number of rotatable bonds is 3. The van der Waals surface area contributed by atoms with E-state index in [9.17, 15) is 0 Å². The van der Waals surface area contributed by atoms with Crippen molar-refractivity contribution in [1.29, 1.82) is 5.26 Å². The van der Waals surface area contributed by atoms with E-state index in [1.165, 1.54) is 6.42 Å². The smallest absolute Gasteiger partial charge is 0.231 e. The Hall–Kier alpha value is -1.60. The Morgan fingerprint density at radius 2 is 2.60 bits per heavy atom. The molecular weight excluding hydrogens is 190 g/mol. The van der Waals surface area contributed by atoms with Crippen molar-refractivity contribution in [1.82, 2.24) is 10.3 Å². The first-order valence-electron chi connectivity index (χ1n) is 5.11. The third kappa shape index (κ3) is 2.45. The summed E-state index contributed by atoms with van der Waals surface area (Å²) in [6, 6.07) is 5.91. The summed E-state index contributed by atoms with van der Waals surface area (Å²) in [5.74, 6) is 0.439. The Morgan fingerprint density at radius 1 is 1.67 bits per heavy atom. The molecule has 1 atom stereocenters. The van der Waals surface area contributed by atoms with Gasteiger partial charge >= 0.3 is 0 Å². The van der Waals surface area contributed by atoms with Crippen molar-refractivity contribution in [3.63, 3.8) is 0 Å². The average molecular weight is 203 g/mol. The summed E-state index contributed by atoms with van der Waals surface area (Å²) in [5.41, 5.74) is 0.496. The van der Waals surface area contributed by atoms with Crippen molar-refractivity contribution in [3.8, 4) is 11.9 Å². The van der Waals surface area contributed by atoms with Crippen LogP contribution in [-0.4, -0.2) is 24.2 Å². The number of aromatic nitrogens is 1. The van der Waals surface area contributed by atoms with Crippen molar-refractivity contribution in [2.24, 2.45) is 0 Å². The highest BCUT2D eigenvalue weighted by molar-refractivity contribution is 5.36. The van der Waals surface area contributed by atoms with E-state index >= 15 is 0 Å². The summed E-state index contributed by atoms with van der Waals surface area (Å²) in [5, 5.41) is 12.2. The topological polar surface area (TPSA) is 57.9 Å². The Bertz CT molecular complexity index is 366. The fourth-order valence-corrected chi connectivity index (χ4v) is 1.67. The molecule has 1 N–H and O–H groups in total. The van der Waals surface area contributed by atoms with Gasteiger partial charge in [0, 0.05) is 12.2 Å². The van der Waals surface area contributed by atoms with Crippen molar-refractivity contribution in [3.05, 3.63) is 23.9 Å². The molecule has 15 heavy (non-hydrogen) atoms. The minimum Gasteiger partial charge on any atom is -0.475 e. The van der Waals surface area contributed by atoms with Crippen LogP contribution < -0.4 is 10.1 Å². The van der Waals surface area contributed by atoms with Gasteiger partial charge in [0.2, 0.25) is 5.88 Å². The Kier molecular flexibility index (Phi) is 3.15. The monoisotopic (exact) mass is 203 g/mol. The number of nitrogens with one attached hydrogen (secondary N) is 1.